The average Bonchev–Trinajstić information content (AvgIpc) is 3.22. The van der Waals surface area contributed by atoms with E-state index in [4.69, 9.17) is 18.5 Å². The molecule has 12 nitrogen and oxygen atoms in total. The van der Waals surface area contributed by atoms with Crippen LogP contribution in [-0.4, -0.2) is 98.9 Å². The van der Waals surface area contributed by atoms with E-state index < -0.39 is 63.1 Å². The molecule has 350 valence electrons. The number of phosphoric acid groups is 1. The molecule has 59 heavy (non-hydrogen) atoms. The fraction of sp³-hybridized carbons (Fsp3) is 0.935. The van der Waals surface area contributed by atoms with Crippen molar-refractivity contribution in [3.05, 3.63) is 12.2 Å². The first kappa shape index (κ1) is 56.1. The summed E-state index contributed by atoms with van der Waals surface area (Å²) < 4.78 is 34.1. The number of ether oxygens (including phenoxy) is 2. The summed E-state index contributed by atoms with van der Waals surface area (Å²) in [6.07, 6.45) is 28.7. The van der Waals surface area contributed by atoms with Crippen LogP contribution >= 0.6 is 7.82 Å². The Labute approximate surface area is 358 Å². The maximum Gasteiger partial charge on any atom is 0.472 e. The molecular weight excluding hydrogens is 775 g/mol. The van der Waals surface area contributed by atoms with Gasteiger partial charge in [0, 0.05) is 13.0 Å². The van der Waals surface area contributed by atoms with Crippen LogP contribution in [0.25, 0.3) is 0 Å². The summed E-state index contributed by atoms with van der Waals surface area (Å²) in [4.78, 5) is 23.1. The van der Waals surface area contributed by atoms with Gasteiger partial charge in [0.2, 0.25) is 0 Å². The Morgan fingerprint density at radius 2 is 0.898 bits per heavy atom. The molecule has 0 heterocycles. The van der Waals surface area contributed by atoms with E-state index in [0.717, 1.165) is 38.5 Å². The molecule has 0 amide bonds. The van der Waals surface area contributed by atoms with Gasteiger partial charge in [-0.25, -0.2) is 4.57 Å². The van der Waals surface area contributed by atoms with Crippen molar-refractivity contribution in [2.24, 2.45) is 0 Å². The molecular formula is C46H89O12P. The van der Waals surface area contributed by atoms with Crippen LogP contribution in [-0.2, 0) is 27.9 Å². The molecule has 0 spiro atoms. The molecule has 6 unspecified atom stereocenters. The summed E-state index contributed by atoms with van der Waals surface area (Å²) in [5.41, 5.74) is 0. The van der Waals surface area contributed by atoms with Crippen molar-refractivity contribution in [2.75, 3.05) is 19.8 Å². The second-order valence-corrected chi connectivity index (χ2v) is 18.4. The normalized spacial score (nSPS) is 22.5. The van der Waals surface area contributed by atoms with Crippen molar-refractivity contribution < 1.29 is 58.3 Å². The zero-order valence-corrected chi connectivity index (χ0v) is 38.2. The first-order valence-electron chi connectivity index (χ1n) is 24.0. The zero-order chi connectivity index (χ0) is 43.4. The number of aliphatic hydroxyl groups is 5. The van der Waals surface area contributed by atoms with E-state index in [9.17, 15) is 39.8 Å². The van der Waals surface area contributed by atoms with Crippen LogP contribution in [0.15, 0.2) is 12.2 Å². The monoisotopic (exact) mass is 865 g/mol. The molecule has 6 N–H and O–H groups in total. The van der Waals surface area contributed by atoms with Gasteiger partial charge in [0.05, 0.1) is 13.2 Å². The number of carbonyl (C=O) groups excluding carboxylic acids is 1. The number of rotatable bonds is 41. The molecule has 0 saturated heterocycles. The number of allylic oxidation sites excluding steroid dienone is 2. The Balaban J connectivity index is 2.30. The summed E-state index contributed by atoms with van der Waals surface area (Å²) in [5.74, 6) is -0.477. The third-order valence-electron chi connectivity index (χ3n) is 11.4. The van der Waals surface area contributed by atoms with Crippen molar-refractivity contribution in [2.45, 2.75) is 256 Å². The van der Waals surface area contributed by atoms with Gasteiger partial charge in [-0.2, -0.15) is 0 Å². The lowest BCUT2D eigenvalue weighted by Gasteiger charge is -2.41. The molecule has 13 heteroatoms. The average molecular weight is 865 g/mol. The van der Waals surface area contributed by atoms with Gasteiger partial charge in [-0.3, -0.25) is 13.8 Å². The molecule has 0 aromatic heterocycles. The number of phosphoric ester groups is 1. The van der Waals surface area contributed by atoms with Crippen molar-refractivity contribution in [3.63, 3.8) is 0 Å². The van der Waals surface area contributed by atoms with Crippen LogP contribution in [0.5, 0.6) is 0 Å². The summed E-state index contributed by atoms with van der Waals surface area (Å²) in [6, 6.07) is 0. The van der Waals surface area contributed by atoms with Gasteiger partial charge in [0.25, 0.3) is 0 Å². The highest BCUT2D eigenvalue weighted by Crippen LogP contribution is 2.47. The summed E-state index contributed by atoms with van der Waals surface area (Å²) in [7, 11) is -5.01. The standard InChI is InChI=1S/C46H89O12P/c1-3-5-7-9-11-13-15-16-17-18-19-20-21-22-23-24-25-26-28-30-32-34-36-55-37-39(57-40(47)35-33-31-29-27-14-12-10-8-6-4-2)38-56-59(53,54)58-46-44(51)42(49)41(48)43(50)45(46)52/h18-19,39,41-46,48-52H,3-17,20-38H2,1-2H3,(H,53,54)/b19-18-. The molecule has 1 fully saturated rings. The van der Waals surface area contributed by atoms with Gasteiger partial charge >= 0.3 is 13.8 Å². The molecule has 6 atom stereocenters. The predicted octanol–water partition coefficient (Wildman–Crippen LogP) is 9.92. The van der Waals surface area contributed by atoms with E-state index in [2.05, 4.69) is 26.0 Å². The molecule has 1 saturated carbocycles. The van der Waals surface area contributed by atoms with Crippen LogP contribution in [0.4, 0.5) is 0 Å². The predicted molar refractivity (Wildman–Crippen MR) is 235 cm³/mol. The molecule has 0 aromatic rings. The van der Waals surface area contributed by atoms with Crippen molar-refractivity contribution in [1.82, 2.24) is 0 Å². The summed E-state index contributed by atoms with van der Waals surface area (Å²) >= 11 is 0. The first-order valence-corrected chi connectivity index (χ1v) is 25.5. The van der Waals surface area contributed by atoms with Crippen LogP contribution in [0.2, 0.25) is 0 Å². The quantitative estimate of drug-likeness (QED) is 0.0148. The Hall–Kier alpha value is -0.920. The second-order valence-electron chi connectivity index (χ2n) is 17.0. The van der Waals surface area contributed by atoms with Gasteiger partial charge in [0.1, 0.15) is 42.7 Å². The third-order valence-corrected chi connectivity index (χ3v) is 12.4. The number of hydrogen-bond donors (Lipinski definition) is 6. The van der Waals surface area contributed by atoms with Gasteiger partial charge in [0.15, 0.2) is 0 Å². The fourth-order valence-electron chi connectivity index (χ4n) is 7.53. The van der Waals surface area contributed by atoms with Crippen molar-refractivity contribution in [3.8, 4) is 0 Å². The molecule has 0 bridgehead atoms. The number of carbonyl (C=O) groups is 1. The van der Waals surface area contributed by atoms with Crippen LogP contribution < -0.4 is 0 Å². The van der Waals surface area contributed by atoms with E-state index >= 15 is 0 Å². The third kappa shape index (κ3) is 29.9. The lowest BCUT2D eigenvalue weighted by Crippen LogP contribution is -2.64. The minimum absolute atomic E-state index is 0.0723. The minimum atomic E-state index is -5.01. The van der Waals surface area contributed by atoms with E-state index in [1.54, 1.807) is 0 Å². The first-order chi connectivity index (χ1) is 28.5. The lowest BCUT2D eigenvalue weighted by atomic mass is 9.85. The van der Waals surface area contributed by atoms with Crippen LogP contribution in [0, 0.1) is 0 Å². The van der Waals surface area contributed by atoms with E-state index in [1.807, 2.05) is 0 Å². The van der Waals surface area contributed by atoms with E-state index in [0.29, 0.717) is 13.0 Å². The summed E-state index contributed by atoms with van der Waals surface area (Å²) in [5, 5.41) is 50.1. The topological polar surface area (TPSA) is 192 Å². The van der Waals surface area contributed by atoms with E-state index in [-0.39, 0.29) is 13.0 Å². The van der Waals surface area contributed by atoms with E-state index in [1.165, 1.54) is 148 Å². The SMILES string of the molecule is CCCCCCCCCC/C=C\CCCCCCCCCCCCOCC(COP(=O)(O)OC1C(O)C(O)C(O)C(O)C1O)OC(=O)CCCCCCCCCCCC. The maximum absolute atomic E-state index is 12.8. The molecule has 1 aliphatic rings. The Kier molecular flexibility index (Phi) is 35.8. The Morgan fingerprint density at radius 3 is 1.34 bits per heavy atom. The molecule has 1 aliphatic carbocycles. The molecule has 1 rings (SSSR count). The Morgan fingerprint density at radius 1 is 0.525 bits per heavy atom. The number of unbranched alkanes of at least 4 members (excludes halogenated alkanes) is 27. The largest absolute Gasteiger partial charge is 0.472 e. The summed E-state index contributed by atoms with van der Waals surface area (Å²) in [6.45, 7) is 4.26. The number of aliphatic hydroxyl groups excluding tert-OH is 5. The van der Waals surface area contributed by atoms with Gasteiger partial charge in [-0.05, 0) is 38.5 Å². The van der Waals surface area contributed by atoms with Crippen LogP contribution in [0.3, 0.4) is 0 Å². The zero-order valence-electron chi connectivity index (χ0n) is 37.3. The maximum atomic E-state index is 12.8. The highest BCUT2D eigenvalue weighted by Gasteiger charge is 2.51. The number of esters is 1. The Bertz CT molecular complexity index is 1030. The van der Waals surface area contributed by atoms with Gasteiger partial charge in [-0.1, -0.05) is 180 Å². The highest BCUT2D eigenvalue weighted by atomic mass is 31.2. The molecule has 0 radical (unpaired) electrons. The number of hydrogen-bond acceptors (Lipinski definition) is 11. The molecule has 0 aliphatic heterocycles. The van der Waals surface area contributed by atoms with Gasteiger partial charge in [-0.15, -0.1) is 0 Å². The fourth-order valence-corrected chi connectivity index (χ4v) is 8.50. The second kappa shape index (κ2) is 37.6. The lowest BCUT2D eigenvalue weighted by molar-refractivity contribution is -0.220. The van der Waals surface area contributed by atoms with Crippen LogP contribution in [0.1, 0.15) is 213 Å². The van der Waals surface area contributed by atoms with Gasteiger partial charge < -0.3 is 39.9 Å². The molecule has 0 aromatic carbocycles. The van der Waals surface area contributed by atoms with Crippen molar-refractivity contribution >= 4 is 13.8 Å². The van der Waals surface area contributed by atoms with Crippen molar-refractivity contribution in [1.29, 1.82) is 0 Å². The smallest absolute Gasteiger partial charge is 0.457 e. The minimum Gasteiger partial charge on any atom is -0.457 e. The highest BCUT2D eigenvalue weighted by molar-refractivity contribution is 7.47.